The Morgan fingerprint density at radius 2 is 0.714 bits per heavy atom. The van der Waals surface area contributed by atoms with Gasteiger partial charge in [-0.25, -0.2) is 14.4 Å². The molecule has 2 aromatic carbocycles. The van der Waals surface area contributed by atoms with E-state index >= 15 is 0 Å². The van der Waals surface area contributed by atoms with Gasteiger partial charge >= 0.3 is 18.3 Å². The maximum absolute atomic E-state index is 14.0. The van der Waals surface area contributed by atoms with Gasteiger partial charge in [-0.2, -0.15) is 0 Å². The van der Waals surface area contributed by atoms with Crippen molar-refractivity contribution in [3.05, 3.63) is 247 Å². The number of thiophene rings is 1. The highest BCUT2D eigenvalue weighted by molar-refractivity contribution is 7.11. The Morgan fingerprint density at radius 1 is 0.398 bits per heavy atom. The highest BCUT2D eigenvalue weighted by atomic mass is 32.1. The number of aliphatic hydroxyl groups is 3. The zero-order valence-corrected chi connectivity index (χ0v) is 79.5. The van der Waals surface area contributed by atoms with Crippen LogP contribution < -0.4 is 37.9 Å². The highest BCUT2D eigenvalue weighted by Gasteiger charge is 2.40. The monoisotopic (exact) mass is 1850 g/mol. The van der Waals surface area contributed by atoms with Crippen LogP contribution in [0.2, 0.25) is 0 Å². The van der Waals surface area contributed by atoms with Crippen molar-refractivity contribution in [3.8, 4) is 5.75 Å². The number of nitrogens with two attached hydrogens (primary N) is 3. The summed E-state index contributed by atoms with van der Waals surface area (Å²) in [5.41, 5.74) is 20.9. The Balaban J connectivity index is 0.000000273. The number of methoxy groups -OCH3 is 7. The molecule has 9 rings (SSSR count). The van der Waals surface area contributed by atoms with E-state index in [1.807, 2.05) is 52.1 Å². The third kappa shape index (κ3) is 29.5. The second-order valence-electron chi connectivity index (χ2n) is 33.8. The molecule has 32 heteroatoms. The number of ether oxygens (including phenoxy) is 10. The van der Waals surface area contributed by atoms with Crippen LogP contribution in [0, 0.1) is 35.5 Å². The first-order valence-corrected chi connectivity index (χ1v) is 44.4. The second kappa shape index (κ2) is 51.2. The minimum atomic E-state index is -1.00. The maximum atomic E-state index is 14.0. The Morgan fingerprint density at radius 3 is 1.03 bits per heavy atom. The molecule has 0 saturated carbocycles. The molecular formula is C101H126N6O25S. The van der Waals surface area contributed by atoms with E-state index in [1.54, 1.807) is 158 Å². The summed E-state index contributed by atoms with van der Waals surface area (Å²) in [5.74, 6) is -5.84. The van der Waals surface area contributed by atoms with Crippen LogP contribution in [0.4, 0.5) is 14.4 Å². The lowest BCUT2D eigenvalue weighted by atomic mass is 9.81. The Bertz CT molecular complexity index is 5280. The molecule has 0 unspecified atom stereocenters. The van der Waals surface area contributed by atoms with Crippen molar-refractivity contribution in [1.82, 2.24) is 16.0 Å². The molecule has 0 radical (unpaired) electrons. The van der Waals surface area contributed by atoms with Crippen molar-refractivity contribution in [2.45, 2.75) is 195 Å². The first-order valence-electron chi connectivity index (χ1n) is 43.5. The van der Waals surface area contributed by atoms with Gasteiger partial charge in [-0.3, -0.25) is 43.2 Å². The summed E-state index contributed by atoms with van der Waals surface area (Å²) >= 11 is 1.35. The van der Waals surface area contributed by atoms with Crippen molar-refractivity contribution < 1.29 is 120 Å². The topological polar surface area (TPSA) is 472 Å². The number of hydrogen-bond donors (Lipinski definition) is 9. The van der Waals surface area contributed by atoms with E-state index in [9.17, 15) is 72.9 Å². The van der Waals surface area contributed by atoms with Gasteiger partial charge in [0, 0.05) is 139 Å². The van der Waals surface area contributed by atoms with Gasteiger partial charge in [-0.05, 0) is 138 Å². The van der Waals surface area contributed by atoms with Crippen LogP contribution in [-0.2, 0) is 85.8 Å². The SMILES string of the molecule is CO[C@H]1/C=C\C=C(/C)C(=O)NC2=CC(=O)C(c3ccccc3)=C(C[C@@H](C)C[C@H](OC)[C@H](O)[C@@H](C)/C=C(\C)[C@@H]1OC(N)=O)C2=O.CO[C@H]1/C=C\C=C(/C)C(=O)NC2=CC(=O)C(c3cccs3)=C(C[C@@H](C)C[C@H](OC)[C@H](O)[C@@H](C)/C=C(\C)[C@@H]1OC(N)=O)C2=O.COc1ccccc1C1=C2C[C@@H](C)C[C@H](OC)[C@H](O)[C@@H](C)/C=C(\C)[C@H](OC(N)=O)[C@@H](OC)/C=C\C=C(/C)C(=O)NC(=CC1=O)C2=O. The van der Waals surface area contributed by atoms with Gasteiger partial charge in [-0.1, -0.05) is 169 Å². The molecule has 31 nitrogen and oxygen atoms in total. The number of hydrogen-bond acceptors (Lipinski definition) is 26. The van der Waals surface area contributed by atoms with Crippen molar-refractivity contribution in [2.75, 3.05) is 49.8 Å². The Kier molecular flexibility index (Phi) is 41.6. The van der Waals surface area contributed by atoms with Crippen LogP contribution in [0.3, 0.4) is 0 Å². The van der Waals surface area contributed by atoms with Gasteiger partial charge in [0.2, 0.25) is 17.3 Å². The number of para-hydroxylation sites is 1. The average molecular weight is 1860 g/mol. The molecule has 12 N–H and O–H groups in total. The average Bonchev–Trinajstić information content (AvgIpc) is 1.59. The Labute approximate surface area is 780 Å². The maximum Gasteiger partial charge on any atom is 0.405 e. The van der Waals surface area contributed by atoms with Crippen LogP contribution in [-0.4, -0.2) is 209 Å². The molecule has 0 spiro atoms. The van der Waals surface area contributed by atoms with Crippen LogP contribution in [0.5, 0.6) is 5.75 Å². The molecule has 3 aliphatic heterocycles. The summed E-state index contributed by atoms with van der Waals surface area (Å²) in [4.78, 5) is 157. The molecule has 18 atom stereocenters. The first kappa shape index (κ1) is 108. The largest absolute Gasteiger partial charge is 0.496 e. The number of carbonyl (C=O) groups is 12. The molecule has 4 heterocycles. The minimum Gasteiger partial charge on any atom is -0.496 e. The van der Waals surface area contributed by atoms with E-state index in [2.05, 4.69) is 16.0 Å². The number of primary amides is 3. The molecular weight excluding hydrogens is 1730 g/mol. The minimum absolute atomic E-state index is 0.103. The molecule has 716 valence electrons. The zero-order chi connectivity index (χ0) is 98.5. The number of aliphatic hydroxyl groups excluding tert-OH is 3. The van der Waals surface area contributed by atoms with Crippen molar-refractivity contribution >= 4 is 98.8 Å². The van der Waals surface area contributed by atoms with E-state index < -0.39 is 150 Å². The number of fused-ring (bicyclic) bond motifs is 6. The van der Waals surface area contributed by atoms with E-state index in [-0.39, 0.29) is 105 Å². The lowest BCUT2D eigenvalue weighted by Gasteiger charge is -2.30. The first-order chi connectivity index (χ1) is 63.1. The molecule has 3 aliphatic carbocycles. The summed E-state index contributed by atoms with van der Waals surface area (Å²) < 4.78 is 55.5. The number of ketones is 6. The van der Waals surface area contributed by atoms with Crippen LogP contribution in [0.15, 0.2) is 230 Å². The van der Waals surface area contributed by atoms with Crippen LogP contribution in [0.1, 0.15) is 138 Å². The Hall–Kier alpha value is -12.1. The van der Waals surface area contributed by atoms with Gasteiger partial charge in [0.05, 0.1) is 60.8 Å². The molecule has 6 bridgehead atoms. The predicted octanol–water partition coefficient (Wildman–Crippen LogP) is 12.0. The normalized spacial score (nSPS) is 30.7. The number of carbonyl (C=O) groups excluding carboxylic acids is 12. The molecule has 0 saturated heterocycles. The van der Waals surface area contributed by atoms with Gasteiger partial charge in [0.25, 0.3) is 17.7 Å². The van der Waals surface area contributed by atoms with Gasteiger partial charge in [0.1, 0.15) is 24.1 Å². The van der Waals surface area contributed by atoms with Crippen molar-refractivity contribution in [1.29, 1.82) is 0 Å². The summed E-state index contributed by atoms with van der Waals surface area (Å²) in [7, 11) is 10.3. The van der Waals surface area contributed by atoms with E-state index in [1.165, 1.54) is 85.4 Å². The molecule has 133 heavy (non-hydrogen) atoms. The summed E-state index contributed by atoms with van der Waals surface area (Å²) in [5, 5.41) is 43.6. The van der Waals surface area contributed by atoms with Crippen LogP contribution >= 0.6 is 11.3 Å². The summed E-state index contributed by atoms with van der Waals surface area (Å²) in [6, 6.07) is 19.5. The second-order valence-corrected chi connectivity index (χ2v) is 34.8. The third-order valence-electron chi connectivity index (χ3n) is 23.6. The zero-order valence-electron chi connectivity index (χ0n) is 78.7. The van der Waals surface area contributed by atoms with E-state index in [4.69, 9.17) is 64.6 Å². The number of amides is 6. The number of nitrogens with one attached hydrogen (secondary N) is 3. The number of Topliss-reactive ketones (excluding diaryl/α,β-unsaturated/α-hetero) is 3. The standard InChI is InChI=1S/C35H44N2O9.C34H42N2O8.C32H40N2O8S/c1-19-15-24-30(23-12-8-9-13-27(23)43-5)26(38)18-25(32(24)40)37-34(41)20(2)11-10-14-28(44-6)33(46-35(36)42)22(4)17-21(3)31(39)29(16-19)45-7;1-19-15-24-29(23-12-8-7-9-13-23)26(37)18-25(31(24)39)36-33(40)20(2)11-10-14-27(42-5)32(44-34(35)41)22(4)17-21(3)30(38)28(16-19)43-6;1-17-13-21-27(26-11-8-12-43-26)23(35)16-22(29(21)37)34-31(38)18(2)9-7-10-24(40-5)30(42-32(33)39)20(4)15-19(3)28(36)25(14-17)41-6/h8-14,17-19,21,28-29,31,33,39H,15-16H2,1-7H3,(H2,36,42)(H,37,41);7-14,17-19,21,27-28,30,32,38H,15-16H2,1-6H3,(H2,35,41)(H,36,40);7-12,15-17,19,24-25,28,30,36H,13-14H2,1-6H3,(H2,33,39)(H,34,38)/b2*14-10-,20-11+,22-17+;10-7-,18-9+,20-15+/t19-,21+,28+,29+,31-,33+;19-,21+,27+,28+,30-,32+;17-,19+,24+,25+,28-,30+/m111/s1. The van der Waals surface area contributed by atoms with Gasteiger partial charge in [0.15, 0.2) is 35.7 Å². The molecule has 6 amide bonds. The van der Waals surface area contributed by atoms with Crippen molar-refractivity contribution in [3.63, 3.8) is 0 Å². The molecule has 6 aliphatic rings. The third-order valence-corrected chi connectivity index (χ3v) is 24.5. The van der Waals surface area contributed by atoms with Crippen LogP contribution in [0.25, 0.3) is 16.7 Å². The van der Waals surface area contributed by atoms with Gasteiger partial charge < -0.3 is 95.8 Å². The fourth-order valence-electron chi connectivity index (χ4n) is 16.5. The number of allylic oxidation sites excluding steroid dienone is 15. The molecule has 1 aromatic heterocycles. The lowest BCUT2D eigenvalue weighted by molar-refractivity contribution is -0.120. The number of benzene rings is 2. The van der Waals surface area contributed by atoms with E-state index in [0.29, 0.717) is 68.9 Å². The summed E-state index contributed by atoms with van der Waals surface area (Å²) in [6.07, 6.45) is 11.5. The quantitative estimate of drug-likeness (QED) is 0.0436. The molecule has 0 fully saturated rings. The fourth-order valence-corrected chi connectivity index (χ4v) is 17.3. The van der Waals surface area contributed by atoms with Crippen molar-refractivity contribution in [2.24, 2.45) is 52.7 Å². The smallest absolute Gasteiger partial charge is 0.405 e. The lowest BCUT2D eigenvalue weighted by Crippen LogP contribution is -2.37. The summed E-state index contributed by atoms with van der Waals surface area (Å²) in [6.45, 7) is 21.0. The number of rotatable bonds is 13. The van der Waals surface area contributed by atoms with Gasteiger partial charge in [-0.15, -0.1) is 11.3 Å². The molecule has 3 aromatic rings. The predicted molar refractivity (Wildman–Crippen MR) is 502 cm³/mol. The highest BCUT2D eigenvalue weighted by Crippen LogP contribution is 2.40. The van der Waals surface area contributed by atoms with E-state index in [0.717, 1.165) is 12.2 Å². The fraction of sp³-hybridized carbons (Fsp3) is 0.426.